The highest BCUT2D eigenvalue weighted by Crippen LogP contribution is 2.39. The van der Waals surface area contributed by atoms with Gasteiger partial charge in [-0.05, 0) is 55.5 Å². The molecule has 154 valence electrons. The molecule has 2 amide bonds. The Kier molecular flexibility index (Phi) is 4.69. The number of hydrogen-bond donors (Lipinski definition) is 2. The minimum atomic E-state index is -0.112. The molecule has 5 rings (SSSR count). The number of piperidine rings is 1. The Bertz CT molecular complexity index is 1120. The summed E-state index contributed by atoms with van der Waals surface area (Å²) >= 11 is 0. The van der Waals surface area contributed by atoms with Gasteiger partial charge in [0.15, 0.2) is 0 Å². The van der Waals surface area contributed by atoms with Gasteiger partial charge >= 0.3 is 0 Å². The second-order valence-corrected chi connectivity index (χ2v) is 8.17. The molecule has 0 radical (unpaired) electrons. The molecule has 3 aromatic rings. The SMILES string of the molecule is CN1C(=O)C2CCCCN2c2ccc(C(=O)NCCc3c[nH]c4ccccc34)cc21. The van der Waals surface area contributed by atoms with Gasteiger partial charge in [-0.2, -0.15) is 0 Å². The minimum Gasteiger partial charge on any atom is -0.361 e. The van der Waals surface area contributed by atoms with Crippen molar-refractivity contribution in [3.8, 4) is 0 Å². The summed E-state index contributed by atoms with van der Waals surface area (Å²) in [7, 11) is 1.81. The van der Waals surface area contributed by atoms with Crippen LogP contribution in [0.15, 0.2) is 48.7 Å². The number of para-hydroxylation sites is 1. The van der Waals surface area contributed by atoms with Gasteiger partial charge < -0.3 is 20.1 Å². The molecule has 0 bridgehead atoms. The molecule has 1 unspecified atom stereocenters. The fourth-order valence-electron chi connectivity index (χ4n) is 4.75. The van der Waals surface area contributed by atoms with E-state index >= 15 is 0 Å². The molecule has 6 nitrogen and oxygen atoms in total. The Morgan fingerprint density at radius 1 is 1.17 bits per heavy atom. The van der Waals surface area contributed by atoms with Crippen molar-refractivity contribution >= 4 is 34.1 Å². The molecule has 0 aliphatic carbocycles. The highest BCUT2D eigenvalue weighted by atomic mass is 16.2. The number of fused-ring (bicyclic) bond motifs is 4. The summed E-state index contributed by atoms with van der Waals surface area (Å²) in [5, 5.41) is 4.21. The van der Waals surface area contributed by atoms with Crippen molar-refractivity contribution in [1.82, 2.24) is 10.3 Å². The fourth-order valence-corrected chi connectivity index (χ4v) is 4.75. The number of carbonyl (C=O) groups excluding carboxylic acids is 2. The number of benzene rings is 2. The lowest BCUT2D eigenvalue weighted by atomic mass is 9.96. The number of aromatic nitrogens is 1. The van der Waals surface area contributed by atoms with Crippen LogP contribution in [-0.2, 0) is 11.2 Å². The summed E-state index contributed by atoms with van der Waals surface area (Å²) in [6.07, 6.45) is 5.86. The Balaban J connectivity index is 1.30. The van der Waals surface area contributed by atoms with Crippen molar-refractivity contribution in [2.24, 2.45) is 0 Å². The summed E-state index contributed by atoms with van der Waals surface area (Å²) in [6, 6.07) is 13.8. The average molecular weight is 402 g/mol. The maximum absolute atomic E-state index is 12.8. The Morgan fingerprint density at radius 3 is 2.93 bits per heavy atom. The van der Waals surface area contributed by atoms with Crippen molar-refractivity contribution < 1.29 is 9.59 Å². The van der Waals surface area contributed by atoms with E-state index in [1.807, 2.05) is 43.6 Å². The van der Waals surface area contributed by atoms with Crippen LogP contribution in [-0.4, -0.2) is 43.0 Å². The van der Waals surface area contributed by atoms with Crippen molar-refractivity contribution in [3.05, 3.63) is 59.8 Å². The number of rotatable bonds is 4. The largest absolute Gasteiger partial charge is 0.361 e. The number of carbonyl (C=O) groups is 2. The number of anilines is 2. The highest BCUT2D eigenvalue weighted by molar-refractivity contribution is 6.07. The molecular formula is C24H26N4O2. The first-order valence-corrected chi connectivity index (χ1v) is 10.6. The van der Waals surface area contributed by atoms with Gasteiger partial charge in [-0.15, -0.1) is 0 Å². The molecule has 1 atom stereocenters. The summed E-state index contributed by atoms with van der Waals surface area (Å²) in [4.78, 5) is 32.7. The van der Waals surface area contributed by atoms with E-state index in [-0.39, 0.29) is 17.9 Å². The monoisotopic (exact) mass is 402 g/mol. The van der Waals surface area contributed by atoms with E-state index in [0.29, 0.717) is 12.1 Å². The van der Waals surface area contributed by atoms with Gasteiger partial charge in [-0.3, -0.25) is 9.59 Å². The molecule has 2 aliphatic rings. The van der Waals surface area contributed by atoms with Gasteiger partial charge in [0.05, 0.1) is 11.4 Å². The highest BCUT2D eigenvalue weighted by Gasteiger charge is 2.37. The summed E-state index contributed by atoms with van der Waals surface area (Å²) < 4.78 is 0. The molecule has 1 saturated heterocycles. The van der Waals surface area contributed by atoms with Crippen molar-refractivity contribution in [3.63, 3.8) is 0 Å². The van der Waals surface area contributed by atoms with Crippen LogP contribution in [0.4, 0.5) is 11.4 Å². The van der Waals surface area contributed by atoms with E-state index in [1.54, 1.807) is 4.90 Å². The maximum atomic E-state index is 12.8. The third kappa shape index (κ3) is 3.12. The number of nitrogens with one attached hydrogen (secondary N) is 2. The van der Waals surface area contributed by atoms with Gasteiger partial charge in [0.2, 0.25) is 5.91 Å². The van der Waals surface area contributed by atoms with Crippen LogP contribution in [0.2, 0.25) is 0 Å². The van der Waals surface area contributed by atoms with Crippen LogP contribution >= 0.6 is 0 Å². The molecule has 1 fully saturated rings. The van der Waals surface area contributed by atoms with Crippen molar-refractivity contribution in [2.75, 3.05) is 29.9 Å². The zero-order valence-corrected chi connectivity index (χ0v) is 17.1. The molecule has 6 heteroatoms. The quantitative estimate of drug-likeness (QED) is 0.702. The third-order valence-electron chi connectivity index (χ3n) is 6.38. The normalized spacial score (nSPS) is 18.3. The zero-order chi connectivity index (χ0) is 20.7. The number of amides is 2. The predicted octanol–water partition coefficient (Wildman–Crippen LogP) is 3.48. The van der Waals surface area contributed by atoms with Gasteiger partial charge in [0.25, 0.3) is 5.91 Å². The Hall–Kier alpha value is -3.28. The van der Waals surface area contributed by atoms with Crippen LogP contribution in [0, 0.1) is 0 Å². The molecular weight excluding hydrogens is 376 g/mol. The molecule has 2 N–H and O–H groups in total. The molecule has 3 heterocycles. The molecule has 0 spiro atoms. The molecule has 2 aliphatic heterocycles. The molecule has 2 aromatic carbocycles. The zero-order valence-electron chi connectivity index (χ0n) is 17.1. The Labute approximate surface area is 175 Å². The van der Waals surface area contributed by atoms with Crippen LogP contribution in [0.25, 0.3) is 10.9 Å². The molecule has 30 heavy (non-hydrogen) atoms. The van der Waals surface area contributed by atoms with Crippen LogP contribution in [0.3, 0.4) is 0 Å². The van der Waals surface area contributed by atoms with Crippen molar-refractivity contribution in [2.45, 2.75) is 31.7 Å². The summed E-state index contributed by atoms with van der Waals surface area (Å²) in [6.45, 7) is 1.45. The second kappa shape index (κ2) is 7.52. The summed E-state index contributed by atoms with van der Waals surface area (Å²) in [5.41, 5.74) is 4.76. The van der Waals surface area contributed by atoms with Crippen LogP contribution in [0.1, 0.15) is 35.2 Å². The van der Waals surface area contributed by atoms with Crippen LogP contribution in [0.5, 0.6) is 0 Å². The number of aromatic amines is 1. The standard InChI is InChI=1S/C24H26N4O2/c1-27-22-14-16(9-10-20(22)28-13-5-4-8-21(28)24(27)30)23(29)25-12-11-17-15-26-19-7-3-2-6-18(17)19/h2-3,6-7,9-10,14-15,21,26H,4-5,8,11-13H2,1H3,(H,25,29). The number of hydrogen-bond acceptors (Lipinski definition) is 3. The summed E-state index contributed by atoms with van der Waals surface area (Å²) in [5.74, 6) is 0.0124. The number of H-pyrrole nitrogens is 1. The minimum absolute atomic E-state index is 0.0629. The first-order chi connectivity index (χ1) is 14.6. The fraction of sp³-hybridized carbons (Fsp3) is 0.333. The lowest BCUT2D eigenvalue weighted by molar-refractivity contribution is -0.120. The van der Waals surface area contributed by atoms with E-state index in [4.69, 9.17) is 0 Å². The second-order valence-electron chi connectivity index (χ2n) is 8.17. The number of likely N-dealkylation sites (N-methyl/N-ethyl adjacent to an activating group) is 1. The van der Waals surface area contributed by atoms with Crippen molar-refractivity contribution in [1.29, 1.82) is 0 Å². The van der Waals surface area contributed by atoms with Gasteiger partial charge in [-0.1, -0.05) is 18.2 Å². The Morgan fingerprint density at radius 2 is 2.03 bits per heavy atom. The van der Waals surface area contributed by atoms with E-state index in [0.717, 1.165) is 49.1 Å². The topological polar surface area (TPSA) is 68.4 Å². The first-order valence-electron chi connectivity index (χ1n) is 10.6. The predicted molar refractivity (Wildman–Crippen MR) is 119 cm³/mol. The van der Waals surface area contributed by atoms with Gasteiger partial charge in [-0.25, -0.2) is 0 Å². The van der Waals surface area contributed by atoms with Gasteiger partial charge in [0.1, 0.15) is 6.04 Å². The van der Waals surface area contributed by atoms with Gasteiger partial charge in [0, 0.05) is 42.8 Å². The lowest BCUT2D eigenvalue weighted by Gasteiger charge is -2.44. The van der Waals surface area contributed by atoms with E-state index in [9.17, 15) is 9.59 Å². The lowest BCUT2D eigenvalue weighted by Crippen LogP contribution is -2.54. The molecule has 0 saturated carbocycles. The van der Waals surface area contributed by atoms with E-state index in [2.05, 4.69) is 27.3 Å². The molecule has 1 aromatic heterocycles. The van der Waals surface area contributed by atoms with E-state index in [1.165, 1.54) is 10.9 Å². The number of nitrogens with zero attached hydrogens (tertiary/aromatic N) is 2. The smallest absolute Gasteiger partial charge is 0.251 e. The maximum Gasteiger partial charge on any atom is 0.251 e. The first kappa shape index (κ1) is 18.7. The van der Waals surface area contributed by atoms with Crippen LogP contribution < -0.4 is 15.1 Å². The average Bonchev–Trinajstić information content (AvgIpc) is 3.20. The third-order valence-corrected chi connectivity index (χ3v) is 6.38. The van der Waals surface area contributed by atoms with E-state index < -0.39 is 0 Å².